The Bertz CT molecular complexity index is 593. The average molecular weight is 333 g/mol. The molecule has 2 rings (SSSR count). The third kappa shape index (κ3) is 4.06. The fraction of sp³-hybridized carbons (Fsp3) is 0.556. The Morgan fingerprint density at radius 1 is 1.21 bits per heavy atom. The standard InChI is InChI=1S/C18H27N3O3/c1-5-20-9-11-21(12-10-20)17(23)18(2,3)16(22)19-14-7-6-8-15(13-14)24-4/h6-8,13H,5,9-12H2,1-4H3,(H,19,22). The van der Waals surface area contributed by atoms with Gasteiger partial charge in [0.2, 0.25) is 11.8 Å². The van der Waals surface area contributed by atoms with Crippen molar-refractivity contribution in [3.63, 3.8) is 0 Å². The van der Waals surface area contributed by atoms with Gasteiger partial charge >= 0.3 is 0 Å². The van der Waals surface area contributed by atoms with E-state index in [0.717, 1.165) is 19.6 Å². The van der Waals surface area contributed by atoms with E-state index in [-0.39, 0.29) is 11.8 Å². The van der Waals surface area contributed by atoms with Crippen LogP contribution in [-0.4, -0.2) is 61.4 Å². The molecule has 0 unspecified atom stereocenters. The summed E-state index contributed by atoms with van der Waals surface area (Å²) in [4.78, 5) is 29.5. The van der Waals surface area contributed by atoms with E-state index >= 15 is 0 Å². The van der Waals surface area contributed by atoms with Gasteiger partial charge in [-0.3, -0.25) is 9.59 Å². The summed E-state index contributed by atoms with van der Waals surface area (Å²) in [6, 6.07) is 7.12. The van der Waals surface area contributed by atoms with Crippen molar-refractivity contribution < 1.29 is 14.3 Å². The fourth-order valence-corrected chi connectivity index (χ4v) is 2.75. The molecule has 1 fully saturated rings. The summed E-state index contributed by atoms with van der Waals surface area (Å²) in [5.41, 5.74) is -0.492. The molecule has 0 spiro atoms. The third-order valence-electron chi connectivity index (χ3n) is 4.54. The molecule has 6 nitrogen and oxygen atoms in total. The van der Waals surface area contributed by atoms with Crippen LogP contribution in [0.1, 0.15) is 20.8 Å². The van der Waals surface area contributed by atoms with Crippen LogP contribution in [0.3, 0.4) is 0 Å². The minimum absolute atomic E-state index is 0.126. The molecule has 1 aromatic rings. The Balaban J connectivity index is 2.02. The van der Waals surface area contributed by atoms with Crippen LogP contribution in [0.4, 0.5) is 5.69 Å². The largest absolute Gasteiger partial charge is 0.497 e. The summed E-state index contributed by atoms with van der Waals surface area (Å²) < 4.78 is 5.15. The lowest BCUT2D eigenvalue weighted by Gasteiger charge is -2.37. The molecule has 132 valence electrons. The normalized spacial score (nSPS) is 15.9. The van der Waals surface area contributed by atoms with Gasteiger partial charge in [0.25, 0.3) is 0 Å². The monoisotopic (exact) mass is 333 g/mol. The number of benzene rings is 1. The van der Waals surface area contributed by atoms with E-state index in [4.69, 9.17) is 4.74 Å². The number of ether oxygens (including phenoxy) is 1. The first kappa shape index (κ1) is 18.3. The molecule has 0 atom stereocenters. The van der Waals surface area contributed by atoms with Gasteiger partial charge in [-0.1, -0.05) is 13.0 Å². The number of piperazine rings is 1. The van der Waals surface area contributed by atoms with E-state index < -0.39 is 5.41 Å². The molecule has 0 aromatic heterocycles. The van der Waals surface area contributed by atoms with Crippen molar-refractivity contribution >= 4 is 17.5 Å². The molecular formula is C18H27N3O3. The molecule has 6 heteroatoms. The first-order valence-electron chi connectivity index (χ1n) is 8.35. The molecule has 2 amide bonds. The second-order valence-electron chi connectivity index (χ2n) is 6.54. The van der Waals surface area contributed by atoms with Gasteiger partial charge in [0.1, 0.15) is 11.2 Å². The van der Waals surface area contributed by atoms with Gasteiger partial charge in [0.15, 0.2) is 0 Å². The predicted octanol–water partition coefficient (Wildman–Crippen LogP) is 1.82. The highest BCUT2D eigenvalue weighted by Crippen LogP contribution is 2.24. The predicted molar refractivity (Wildman–Crippen MR) is 94.1 cm³/mol. The van der Waals surface area contributed by atoms with Crippen LogP contribution >= 0.6 is 0 Å². The van der Waals surface area contributed by atoms with Crippen molar-refractivity contribution in [1.82, 2.24) is 9.80 Å². The van der Waals surface area contributed by atoms with E-state index in [1.807, 2.05) is 0 Å². The van der Waals surface area contributed by atoms with E-state index in [0.29, 0.717) is 24.5 Å². The lowest BCUT2D eigenvalue weighted by molar-refractivity contribution is -0.147. The van der Waals surface area contributed by atoms with Crippen molar-refractivity contribution in [1.29, 1.82) is 0 Å². The molecule has 0 saturated carbocycles. The van der Waals surface area contributed by atoms with Gasteiger partial charge in [0.05, 0.1) is 7.11 Å². The topological polar surface area (TPSA) is 61.9 Å². The summed E-state index contributed by atoms with van der Waals surface area (Å²) in [7, 11) is 1.57. The molecule has 1 aliphatic heterocycles. The highest BCUT2D eigenvalue weighted by atomic mass is 16.5. The van der Waals surface area contributed by atoms with Crippen LogP contribution in [0.15, 0.2) is 24.3 Å². The van der Waals surface area contributed by atoms with Gasteiger partial charge in [-0.2, -0.15) is 0 Å². The zero-order chi connectivity index (χ0) is 17.7. The lowest BCUT2D eigenvalue weighted by Crippen LogP contribution is -2.54. The SMILES string of the molecule is CCN1CCN(C(=O)C(C)(C)C(=O)Nc2cccc(OC)c2)CC1. The van der Waals surface area contributed by atoms with Crippen molar-refractivity contribution in [2.75, 3.05) is 45.2 Å². The van der Waals surface area contributed by atoms with E-state index in [9.17, 15) is 9.59 Å². The van der Waals surface area contributed by atoms with Gasteiger partial charge in [0, 0.05) is 37.9 Å². The van der Waals surface area contributed by atoms with Crippen LogP contribution in [0.2, 0.25) is 0 Å². The number of carbonyl (C=O) groups excluding carboxylic acids is 2. The molecule has 0 aliphatic carbocycles. The Hall–Kier alpha value is -2.08. The van der Waals surface area contributed by atoms with Gasteiger partial charge < -0.3 is 19.9 Å². The van der Waals surface area contributed by atoms with Gasteiger partial charge in [-0.15, -0.1) is 0 Å². The number of anilines is 1. The maximum atomic E-state index is 12.8. The number of amides is 2. The van der Waals surface area contributed by atoms with Crippen LogP contribution in [0, 0.1) is 5.41 Å². The van der Waals surface area contributed by atoms with Crippen LogP contribution < -0.4 is 10.1 Å². The third-order valence-corrected chi connectivity index (χ3v) is 4.54. The van der Waals surface area contributed by atoms with Crippen LogP contribution in [0.25, 0.3) is 0 Å². The smallest absolute Gasteiger partial charge is 0.239 e. The Labute approximate surface area is 143 Å². The molecule has 24 heavy (non-hydrogen) atoms. The van der Waals surface area contributed by atoms with Crippen molar-refractivity contribution in [2.45, 2.75) is 20.8 Å². The minimum Gasteiger partial charge on any atom is -0.497 e. The van der Waals surface area contributed by atoms with Crippen LogP contribution in [0.5, 0.6) is 5.75 Å². The quantitative estimate of drug-likeness (QED) is 0.835. The van der Waals surface area contributed by atoms with Crippen molar-refractivity contribution in [3.8, 4) is 5.75 Å². The number of carbonyl (C=O) groups is 2. The molecule has 1 aromatic carbocycles. The maximum Gasteiger partial charge on any atom is 0.239 e. The first-order chi connectivity index (χ1) is 11.4. The molecule has 1 N–H and O–H groups in total. The lowest BCUT2D eigenvalue weighted by atomic mass is 9.89. The van der Waals surface area contributed by atoms with Crippen LogP contribution in [-0.2, 0) is 9.59 Å². The number of methoxy groups -OCH3 is 1. The van der Waals surface area contributed by atoms with Crippen molar-refractivity contribution in [3.05, 3.63) is 24.3 Å². The summed E-state index contributed by atoms with van der Waals surface area (Å²) in [5, 5.41) is 2.82. The maximum absolute atomic E-state index is 12.8. The number of likely N-dealkylation sites (N-methyl/N-ethyl adjacent to an activating group) is 1. The number of hydrogen-bond donors (Lipinski definition) is 1. The highest BCUT2D eigenvalue weighted by Gasteiger charge is 2.40. The summed E-state index contributed by atoms with van der Waals surface area (Å²) in [5.74, 6) is 0.227. The summed E-state index contributed by atoms with van der Waals surface area (Å²) in [6.45, 7) is 9.51. The second-order valence-corrected chi connectivity index (χ2v) is 6.54. The van der Waals surface area contributed by atoms with E-state index in [1.54, 1.807) is 50.1 Å². The minimum atomic E-state index is -1.11. The number of nitrogens with one attached hydrogen (secondary N) is 1. The average Bonchev–Trinajstić information content (AvgIpc) is 2.61. The zero-order valence-corrected chi connectivity index (χ0v) is 15.0. The Morgan fingerprint density at radius 2 is 1.88 bits per heavy atom. The number of rotatable bonds is 5. The zero-order valence-electron chi connectivity index (χ0n) is 15.0. The molecule has 1 saturated heterocycles. The second kappa shape index (κ2) is 7.66. The van der Waals surface area contributed by atoms with Crippen molar-refractivity contribution in [2.24, 2.45) is 5.41 Å². The fourth-order valence-electron chi connectivity index (χ4n) is 2.75. The Kier molecular flexibility index (Phi) is 5.83. The molecular weight excluding hydrogens is 306 g/mol. The highest BCUT2D eigenvalue weighted by molar-refractivity contribution is 6.09. The molecule has 1 aliphatic rings. The Morgan fingerprint density at radius 3 is 2.46 bits per heavy atom. The summed E-state index contributed by atoms with van der Waals surface area (Å²) >= 11 is 0. The first-order valence-corrected chi connectivity index (χ1v) is 8.35. The summed E-state index contributed by atoms with van der Waals surface area (Å²) in [6.07, 6.45) is 0. The van der Waals surface area contributed by atoms with Gasteiger partial charge in [-0.05, 0) is 32.5 Å². The number of hydrogen-bond acceptors (Lipinski definition) is 4. The van der Waals surface area contributed by atoms with Gasteiger partial charge in [-0.25, -0.2) is 0 Å². The molecule has 0 radical (unpaired) electrons. The molecule has 1 heterocycles. The number of nitrogens with zero attached hydrogens (tertiary/aromatic N) is 2. The van der Waals surface area contributed by atoms with E-state index in [1.165, 1.54) is 0 Å². The molecule has 0 bridgehead atoms. The van der Waals surface area contributed by atoms with E-state index in [2.05, 4.69) is 17.1 Å².